The lowest BCUT2D eigenvalue weighted by Gasteiger charge is -2.32. The molecule has 0 saturated carbocycles. The van der Waals surface area contributed by atoms with Gasteiger partial charge in [-0.3, -0.25) is 4.79 Å². The number of carbonyl (C=O) groups excluding carboxylic acids is 1. The van der Waals surface area contributed by atoms with Gasteiger partial charge in [-0.2, -0.15) is 17.0 Å². The highest BCUT2D eigenvalue weighted by atomic mass is 32.2. The summed E-state index contributed by atoms with van der Waals surface area (Å²) < 4.78 is 32.8. The smallest absolute Gasteiger partial charge is 0.281 e. The fraction of sp³-hybridized carbons (Fsp3) is 0.650. The Labute approximate surface area is 169 Å². The number of amides is 1. The summed E-state index contributed by atoms with van der Waals surface area (Å²) >= 11 is 0. The Hall–Kier alpha value is -1.64. The normalized spacial score (nSPS) is 18.4. The van der Waals surface area contributed by atoms with Crippen LogP contribution in [0.25, 0.3) is 0 Å². The average Bonchev–Trinajstić information content (AvgIpc) is 2.66. The molecule has 158 valence electrons. The second-order valence-corrected chi connectivity index (χ2v) is 9.83. The van der Waals surface area contributed by atoms with E-state index in [1.54, 1.807) is 0 Å². The van der Waals surface area contributed by atoms with Gasteiger partial charge in [0.15, 0.2) is 0 Å². The number of rotatable bonds is 9. The number of hydrogen-bond donors (Lipinski definition) is 1. The Kier molecular flexibility index (Phi) is 8.27. The van der Waals surface area contributed by atoms with E-state index in [9.17, 15) is 13.2 Å². The van der Waals surface area contributed by atoms with Gasteiger partial charge in [-0.05, 0) is 57.2 Å². The van der Waals surface area contributed by atoms with Crippen molar-refractivity contribution in [1.82, 2.24) is 13.9 Å². The van der Waals surface area contributed by atoms with Crippen molar-refractivity contribution in [1.29, 1.82) is 0 Å². The minimum absolute atomic E-state index is 0.0562. The number of nitrogens with zero attached hydrogens (tertiary/aromatic N) is 2. The Bertz CT molecular complexity index is 732. The molecule has 2 rings (SSSR count). The highest BCUT2D eigenvalue weighted by molar-refractivity contribution is 7.86. The van der Waals surface area contributed by atoms with Crippen LogP contribution in [-0.4, -0.2) is 62.8 Å². The third-order valence-electron chi connectivity index (χ3n) is 4.78. The molecule has 0 bridgehead atoms. The molecule has 0 aliphatic carbocycles. The molecule has 0 unspecified atom stereocenters. The first-order chi connectivity index (χ1) is 13.2. The molecule has 1 aromatic rings. The van der Waals surface area contributed by atoms with Crippen LogP contribution < -0.4 is 10.1 Å². The summed E-state index contributed by atoms with van der Waals surface area (Å²) in [6.07, 6.45) is 3.29. The largest absolute Gasteiger partial charge is 0.491 e. The molecule has 1 N–H and O–H groups in total. The minimum atomic E-state index is -3.46. The van der Waals surface area contributed by atoms with E-state index in [0.29, 0.717) is 19.5 Å². The second kappa shape index (κ2) is 10.2. The topological polar surface area (TPSA) is 79.0 Å². The van der Waals surface area contributed by atoms with Crippen molar-refractivity contribution in [3.8, 4) is 5.75 Å². The van der Waals surface area contributed by atoms with Crippen LogP contribution in [0.2, 0.25) is 0 Å². The molecular formula is C20H33N3O4S. The van der Waals surface area contributed by atoms with Crippen LogP contribution in [0.3, 0.4) is 0 Å². The van der Waals surface area contributed by atoms with Crippen LogP contribution in [0.15, 0.2) is 24.3 Å². The first-order valence-corrected chi connectivity index (χ1v) is 11.3. The summed E-state index contributed by atoms with van der Waals surface area (Å²) in [5.41, 5.74) is 1.20. The molecule has 1 aliphatic heterocycles. The van der Waals surface area contributed by atoms with E-state index >= 15 is 0 Å². The maximum absolute atomic E-state index is 12.4. The van der Waals surface area contributed by atoms with Gasteiger partial charge >= 0.3 is 0 Å². The van der Waals surface area contributed by atoms with Gasteiger partial charge in [0.05, 0.1) is 12.0 Å². The third-order valence-corrected chi connectivity index (χ3v) is 6.69. The molecule has 1 heterocycles. The number of piperidine rings is 1. The molecule has 1 fully saturated rings. The molecule has 1 atom stereocenters. The molecular weight excluding hydrogens is 378 g/mol. The second-order valence-electron chi connectivity index (χ2n) is 7.69. The first-order valence-electron chi connectivity index (χ1n) is 9.91. The lowest BCUT2D eigenvalue weighted by atomic mass is 9.99. The van der Waals surface area contributed by atoms with Crippen molar-refractivity contribution in [2.24, 2.45) is 5.92 Å². The zero-order chi connectivity index (χ0) is 20.7. The van der Waals surface area contributed by atoms with Gasteiger partial charge < -0.3 is 10.1 Å². The molecule has 0 radical (unpaired) electrons. The number of carbonyl (C=O) groups is 1. The van der Waals surface area contributed by atoms with Gasteiger partial charge in [-0.1, -0.05) is 12.1 Å². The van der Waals surface area contributed by atoms with Crippen LogP contribution in [0, 0.1) is 5.92 Å². The first kappa shape index (κ1) is 22.6. The van der Waals surface area contributed by atoms with E-state index in [1.807, 2.05) is 38.1 Å². The standard InChI is InChI=1S/C20H33N3O4S/c1-16(2)27-19-11-9-17(10-12-19)7-5-13-21-20(24)18-8-6-14-23(15-18)28(25,26)22(3)4/h9-12,16,18H,5-8,13-15H2,1-4H3,(H,21,24)/t18-/m0/s1. The van der Waals surface area contributed by atoms with Gasteiger partial charge in [0.1, 0.15) is 5.75 Å². The van der Waals surface area contributed by atoms with Crippen molar-refractivity contribution in [3.63, 3.8) is 0 Å². The fourth-order valence-electron chi connectivity index (χ4n) is 3.25. The van der Waals surface area contributed by atoms with Gasteiger partial charge in [0.2, 0.25) is 5.91 Å². The zero-order valence-corrected chi connectivity index (χ0v) is 18.2. The van der Waals surface area contributed by atoms with Crippen molar-refractivity contribution >= 4 is 16.1 Å². The van der Waals surface area contributed by atoms with E-state index in [2.05, 4.69) is 5.32 Å². The van der Waals surface area contributed by atoms with Crippen molar-refractivity contribution < 1.29 is 17.9 Å². The molecule has 1 amide bonds. The molecule has 7 nitrogen and oxygen atoms in total. The summed E-state index contributed by atoms with van der Waals surface area (Å²) in [7, 11) is -0.434. The zero-order valence-electron chi connectivity index (χ0n) is 17.3. The lowest BCUT2D eigenvalue weighted by Crippen LogP contribution is -2.48. The summed E-state index contributed by atoms with van der Waals surface area (Å²) in [6.45, 7) is 5.31. The van der Waals surface area contributed by atoms with E-state index in [1.165, 1.54) is 28.3 Å². The highest BCUT2D eigenvalue weighted by Gasteiger charge is 2.33. The molecule has 28 heavy (non-hydrogen) atoms. The van der Waals surface area contributed by atoms with Crippen molar-refractivity contribution in [2.75, 3.05) is 33.7 Å². The monoisotopic (exact) mass is 411 g/mol. The molecule has 8 heteroatoms. The quantitative estimate of drug-likeness (QED) is 0.631. The Morgan fingerprint density at radius 1 is 1.29 bits per heavy atom. The predicted molar refractivity (Wildman–Crippen MR) is 110 cm³/mol. The number of ether oxygens (including phenoxy) is 1. The van der Waals surface area contributed by atoms with Crippen LogP contribution in [0.1, 0.15) is 38.7 Å². The SMILES string of the molecule is CC(C)Oc1ccc(CCCNC(=O)[C@H]2CCCN(S(=O)(=O)N(C)C)C2)cc1. The number of aryl methyl sites for hydroxylation is 1. The molecule has 1 aromatic carbocycles. The predicted octanol–water partition coefficient (Wildman–Crippen LogP) is 2.04. The minimum Gasteiger partial charge on any atom is -0.491 e. The van der Waals surface area contributed by atoms with Crippen LogP contribution in [0.5, 0.6) is 5.75 Å². The fourth-order valence-corrected chi connectivity index (χ4v) is 4.44. The van der Waals surface area contributed by atoms with Crippen molar-refractivity contribution in [3.05, 3.63) is 29.8 Å². The Morgan fingerprint density at radius 2 is 1.96 bits per heavy atom. The highest BCUT2D eigenvalue weighted by Crippen LogP contribution is 2.20. The van der Waals surface area contributed by atoms with Crippen LogP contribution in [0.4, 0.5) is 0 Å². The lowest BCUT2D eigenvalue weighted by molar-refractivity contribution is -0.126. The third kappa shape index (κ3) is 6.46. The van der Waals surface area contributed by atoms with E-state index in [0.717, 1.165) is 25.0 Å². The van der Waals surface area contributed by atoms with Gasteiger partial charge in [-0.25, -0.2) is 0 Å². The number of hydrogen-bond acceptors (Lipinski definition) is 4. The van der Waals surface area contributed by atoms with Gasteiger partial charge in [0.25, 0.3) is 10.2 Å². The average molecular weight is 412 g/mol. The Morgan fingerprint density at radius 3 is 2.57 bits per heavy atom. The maximum atomic E-state index is 12.4. The summed E-state index contributed by atoms with van der Waals surface area (Å²) in [5.74, 6) is 0.525. The van der Waals surface area contributed by atoms with Gasteiger partial charge in [0, 0.05) is 33.7 Å². The van der Waals surface area contributed by atoms with Crippen LogP contribution in [-0.2, 0) is 21.4 Å². The van der Waals surface area contributed by atoms with E-state index in [-0.39, 0.29) is 24.5 Å². The molecule has 1 saturated heterocycles. The summed E-state index contributed by atoms with van der Waals surface area (Å²) in [4.78, 5) is 12.4. The Balaban J connectivity index is 1.75. The molecule has 1 aliphatic rings. The van der Waals surface area contributed by atoms with Crippen LogP contribution >= 0.6 is 0 Å². The molecule has 0 spiro atoms. The number of nitrogens with one attached hydrogen (secondary N) is 1. The number of benzene rings is 1. The van der Waals surface area contributed by atoms with Crippen molar-refractivity contribution in [2.45, 2.75) is 45.6 Å². The van der Waals surface area contributed by atoms with E-state index in [4.69, 9.17) is 4.74 Å². The molecule has 0 aromatic heterocycles. The summed E-state index contributed by atoms with van der Waals surface area (Å²) in [5, 5.41) is 2.96. The van der Waals surface area contributed by atoms with E-state index < -0.39 is 10.2 Å². The van der Waals surface area contributed by atoms with Gasteiger partial charge in [-0.15, -0.1) is 0 Å². The summed E-state index contributed by atoms with van der Waals surface area (Å²) in [6, 6.07) is 8.03. The maximum Gasteiger partial charge on any atom is 0.281 e.